The highest BCUT2D eigenvalue weighted by Crippen LogP contribution is 2.33. The largest absolute Gasteiger partial charge is 0.457 e. The zero-order valence-corrected chi connectivity index (χ0v) is 18.2. The Hall–Kier alpha value is -3.55. The van der Waals surface area contributed by atoms with Crippen LogP contribution in [0.1, 0.15) is 38.5 Å². The minimum atomic E-state index is -0.844. The van der Waals surface area contributed by atoms with Crippen molar-refractivity contribution in [3.63, 3.8) is 0 Å². The second kappa shape index (κ2) is 9.30. The van der Waals surface area contributed by atoms with Crippen molar-refractivity contribution in [2.24, 2.45) is 0 Å². The summed E-state index contributed by atoms with van der Waals surface area (Å²) in [5.41, 5.74) is 2.56. The summed E-state index contributed by atoms with van der Waals surface area (Å²) in [5, 5.41) is 3.64. The lowest BCUT2D eigenvalue weighted by Gasteiger charge is -2.30. The Morgan fingerprint density at radius 1 is 1.03 bits per heavy atom. The topological polar surface area (TPSA) is 91.0 Å². The third kappa shape index (κ3) is 4.69. The number of para-hydroxylation sites is 1. The minimum absolute atomic E-state index is 0.142. The number of hydrazine groups is 1. The maximum Gasteiger partial charge on any atom is 0.344 e. The van der Waals surface area contributed by atoms with Gasteiger partial charge in [-0.05, 0) is 49.2 Å². The van der Waals surface area contributed by atoms with E-state index in [-0.39, 0.29) is 18.2 Å². The summed E-state index contributed by atoms with van der Waals surface area (Å²) in [4.78, 5) is 39.4. The number of imide groups is 1. The van der Waals surface area contributed by atoms with Gasteiger partial charge in [0.25, 0.3) is 5.91 Å². The first kappa shape index (κ1) is 21.7. The summed E-state index contributed by atoms with van der Waals surface area (Å²) in [6.07, 6.45) is 4.24. The van der Waals surface area contributed by atoms with Crippen molar-refractivity contribution in [3.05, 3.63) is 54.6 Å². The van der Waals surface area contributed by atoms with Crippen LogP contribution >= 0.6 is 0 Å². The molecular formula is C24H28N4O4. The lowest BCUT2D eigenvalue weighted by Crippen LogP contribution is -2.51. The van der Waals surface area contributed by atoms with Gasteiger partial charge < -0.3 is 15.0 Å². The number of carbonyl (C=O) groups excluding carboxylic acids is 3. The summed E-state index contributed by atoms with van der Waals surface area (Å²) >= 11 is 0. The van der Waals surface area contributed by atoms with E-state index in [1.54, 1.807) is 0 Å². The van der Waals surface area contributed by atoms with Crippen molar-refractivity contribution in [1.29, 1.82) is 0 Å². The first-order valence-corrected chi connectivity index (χ1v) is 11.0. The van der Waals surface area contributed by atoms with Crippen molar-refractivity contribution in [1.82, 2.24) is 15.8 Å². The predicted octanol–water partition coefficient (Wildman–Crippen LogP) is 3.59. The monoisotopic (exact) mass is 436 g/mol. The molecule has 4 rings (SSSR count). The lowest BCUT2D eigenvalue weighted by molar-refractivity contribution is -0.139. The van der Waals surface area contributed by atoms with E-state index in [4.69, 9.17) is 4.74 Å². The second-order valence-corrected chi connectivity index (χ2v) is 8.33. The van der Waals surface area contributed by atoms with Crippen molar-refractivity contribution in [2.45, 2.75) is 44.1 Å². The second-order valence-electron chi connectivity index (χ2n) is 8.33. The maximum atomic E-state index is 12.8. The van der Waals surface area contributed by atoms with Gasteiger partial charge in [0.05, 0.1) is 0 Å². The molecule has 0 unspecified atom stereocenters. The predicted molar refractivity (Wildman–Crippen MR) is 120 cm³/mol. The molecule has 0 radical (unpaired) electrons. The van der Waals surface area contributed by atoms with Gasteiger partial charge in [-0.15, -0.1) is 0 Å². The fourth-order valence-electron chi connectivity index (χ4n) is 4.19. The Kier molecular flexibility index (Phi) is 6.30. The molecule has 2 N–H and O–H groups in total. The SMILES string of the molecule is CN(CCC(=O)NN1C(=O)NC2(CCCCC2)C1=O)c1ccc(Oc2ccccc2)cc1. The van der Waals surface area contributed by atoms with Crippen LogP contribution in [0, 0.1) is 0 Å². The van der Waals surface area contributed by atoms with Gasteiger partial charge in [-0.1, -0.05) is 37.5 Å². The Morgan fingerprint density at radius 2 is 1.69 bits per heavy atom. The fraction of sp³-hybridized carbons (Fsp3) is 0.375. The fourth-order valence-corrected chi connectivity index (χ4v) is 4.19. The normalized spacial score (nSPS) is 17.2. The third-order valence-electron chi connectivity index (χ3n) is 6.04. The Morgan fingerprint density at radius 3 is 2.38 bits per heavy atom. The number of hydrogen-bond acceptors (Lipinski definition) is 5. The molecule has 2 fully saturated rings. The molecular weight excluding hydrogens is 408 g/mol. The third-order valence-corrected chi connectivity index (χ3v) is 6.04. The number of ether oxygens (including phenoxy) is 1. The Bertz CT molecular complexity index is 971. The number of amides is 4. The van der Waals surface area contributed by atoms with Crippen LogP contribution in [-0.4, -0.2) is 42.0 Å². The van der Waals surface area contributed by atoms with Crippen LogP contribution in [0.4, 0.5) is 10.5 Å². The molecule has 1 aliphatic heterocycles. The molecule has 1 saturated carbocycles. The first-order valence-electron chi connectivity index (χ1n) is 11.0. The zero-order chi connectivity index (χ0) is 22.6. The van der Waals surface area contributed by atoms with E-state index in [1.807, 2.05) is 66.5 Å². The lowest BCUT2D eigenvalue weighted by atomic mass is 9.82. The summed E-state index contributed by atoms with van der Waals surface area (Å²) in [7, 11) is 1.88. The molecule has 1 spiro atoms. The van der Waals surface area contributed by atoms with E-state index in [9.17, 15) is 14.4 Å². The highest BCUT2D eigenvalue weighted by Gasteiger charge is 2.52. The van der Waals surface area contributed by atoms with Crippen molar-refractivity contribution in [2.75, 3.05) is 18.5 Å². The molecule has 2 aromatic carbocycles. The average molecular weight is 437 g/mol. The van der Waals surface area contributed by atoms with E-state index < -0.39 is 11.6 Å². The van der Waals surface area contributed by atoms with E-state index in [0.717, 1.165) is 41.5 Å². The van der Waals surface area contributed by atoms with Crippen LogP contribution in [0.2, 0.25) is 0 Å². The average Bonchev–Trinajstić information content (AvgIpc) is 3.03. The number of benzene rings is 2. The van der Waals surface area contributed by atoms with Crippen LogP contribution in [0.15, 0.2) is 54.6 Å². The van der Waals surface area contributed by atoms with Gasteiger partial charge in [0, 0.05) is 25.7 Å². The van der Waals surface area contributed by atoms with Crippen molar-refractivity contribution >= 4 is 23.5 Å². The van der Waals surface area contributed by atoms with Gasteiger partial charge in [0.1, 0.15) is 17.0 Å². The van der Waals surface area contributed by atoms with Gasteiger partial charge in [0.15, 0.2) is 0 Å². The number of hydrogen-bond donors (Lipinski definition) is 2. The minimum Gasteiger partial charge on any atom is -0.457 e. The Labute approximate surface area is 187 Å². The van der Waals surface area contributed by atoms with Gasteiger partial charge in [-0.25, -0.2) is 4.79 Å². The first-order chi connectivity index (χ1) is 15.5. The van der Waals surface area contributed by atoms with Gasteiger partial charge in [-0.3, -0.25) is 15.0 Å². The number of rotatable bonds is 7. The van der Waals surface area contributed by atoms with Gasteiger partial charge >= 0.3 is 6.03 Å². The molecule has 0 aromatic heterocycles. The Balaban J connectivity index is 1.27. The van der Waals surface area contributed by atoms with Crippen LogP contribution in [0.3, 0.4) is 0 Å². The van der Waals surface area contributed by atoms with Crippen molar-refractivity contribution in [3.8, 4) is 11.5 Å². The van der Waals surface area contributed by atoms with Crippen molar-refractivity contribution < 1.29 is 19.1 Å². The smallest absolute Gasteiger partial charge is 0.344 e. The molecule has 8 nitrogen and oxygen atoms in total. The van der Waals surface area contributed by atoms with E-state index in [0.29, 0.717) is 19.4 Å². The summed E-state index contributed by atoms with van der Waals surface area (Å²) in [6, 6.07) is 16.6. The number of anilines is 1. The quantitative estimate of drug-likeness (QED) is 0.648. The van der Waals surface area contributed by atoms with Crippen LogP contribution in [-0.2, 0) is 9.59 Å². The van der Waals surface area contributed by atoms with E-state index >= 15 is 0 Å². The summed E-state index contributed by atoms with van der Waals surface area (Å²) in [5.74, 6) is 0.761. The van der Waals surface area contributed by atoms with E-state index in [1.165, 1.54) is 0 Å². The van der Waals surface area contributed by atoms with Gasteiger partial charge in [-0.2, -0.15) is 5.01 Å². The number of nitrogens with one attached hydrogen (secondary N) is 2. The molecule has 1 aliphatic carbocycles. The highest BCUT2D eigenvalue weighted by atomic mass is 16.5. The number of carbonyl (C=O) groups is 3. The molecule has 0 bridgehead atoms. The standard InChI is InChI=1S/C24H28N4O4/c1-27(18-10-12-20(13-11-18)32-19-8-4-2-5-9-19)17-14-21(29)26-28-22(30)24(25-23(28)31)15-6-3-7-16-24/h2,4-5,8-13H,3,6-7,14-17H2,1H3,(H,25,31)(H,26,29). The molecule has 0 atom stereocenters. The highest BCUT2D eigenvalue weighted by molar-refractivity contribution is 6.08. The molecule has 4 amide bonds. The molecule has 32 heavy (non-hydrogen) atoms. The zero-order valence-electron chi connectivity index (χ0n) is 18.2. The van der Waals surface area contributed by atoms with Gasteiger partial charge in [0.2, 0.25) is 5.91 Å². The molecule has 1 heterocycles. The molecule has 168 valence electrons. The van der Waals surface area contributed by atoms with Crippen LogP contribution in [0.5, 0.6) is 11.5 Å². The molecule has 1 saturated heterocycles. The molecule has 2 aromatic rings. The number of nitrogens with zero attached hydrogens (tertiary/aromatic N) is 2. The number of urea groups is 1. The van der Waals surface area contributed by atoms with E-state index in [2.05, 4.69) is 10.7 Å². The summed E-state index contributed by atoms with van der Waals surface area (Å²) < 4.78 is 5.80. The molecule has 8 heteroatoms. The summed E-state index contributed by atoms with van der Waals surface area (Å²) in [6.45, 7) is 0.430. The van der Waals surface area contributed by atoms with Crippen LogP contribution in [0.25, 0.3) is 0 Å². The van der Waals surface area contributed by atoms with Crippen LogP contribution < -0.4 is 20.4 Å². The molecule has 2 aliphatic rings. The maximum absolute atomic E-state index is 12.8.